The molecule has 0 aliphatic heterocycles. The summed E-state index contributed by atoms with van der Waals surface area (Å²) in [5.74, 6) is -0.210. The van der Waals surface area contributed by atoms with Crippen LogP contribution in [0.15, 0.2) is 53.4 Å². The van der Waals surface area contributed by atoms with Crippen LogP contribution in [0.2, 0.25) is 0 Å². The maximum absolute atomic E-state index is 12.5. The predicted octanol–water partition coefficient (Wildman–Crippen LogP) is 3.86. The third-order valence-corrected chi connectivity index (χ3v) is 7.08. The van der Waals surface area contributed by atoms with Gasteiger partial charge in [-0.25, -0.2) is 8.42 Å². The van der Waals surface area contributed by atoms with E-state index in [0.717, 1.165) is 24.1 Å². The third-order valence-electron chi connectivity index (χ3n) is 5.02. The van der Waals surface area contributed by atoms with Crippen molar-refractivity contribution in [1.82, 2.24) is 4.31 Å². The number of aryl methyl sites for hydroxylation is 2. The molecule has 2 aromatic carbocycles. The van der Waals surface area contributed by atoms with Crippen LogP contribution >= 0.6 is 0 Å². The second-order valence-corrected chi connectivity index (χ2v) is 8.76. The molecular weight excluding hydrogens is 372 g/mol. The first-order chi connectivity index (χ1) is 13.4. The zero-order valence-corrected chi connectivity index (χ0v) is 17.1. The van der Waals surface area contributed by atoms with E-state index in [9.17, 15) is 13.2 Å². The SMILES string of the molecule is CCN(CC)S(=O)(=O)c1ccc(/C=C/C(=O)Nc2ccc3c(c2)CCC3)cc1. The Labute approximate surface area is 167 Å². The molecular formula is C22H26N2O3S. The summed E-state index contributed by atoms with van der Waals surface area (Å²) in [6.45, 7) is 4.50. The molecule has 0 radical (unpaired) electrons. The minimum Gasteiger partial charge on any atom is -0.323 e. The van der Waals surface area contributed by atoms with Crippen LogP contribution in [0.3, 0.4) is 0 Å². The Hall–Kier alpha value is -2.44. The van der Waals surface area contributed by atoms with Gasteiger partial charge in [0.2, 0.25) is 15.9 Å². The molecule has 0 bridgehead atoms. The summed E-state index contributed by atoms with van der Waals surface area (Å²) in [6, 6.07) is 12.6. The molecule has 0 saturated carbocycles. The molecule has 0 unspecified atom stereocenters. The fourth-order valence-corrected chi connectivity index (χ4v) is 4.93. The number of benzene rings is 2. The Morgan fingerprint density at radius 1 is 1.04 bits per heavy atom. The topological polar surface area (TPSA) is 66.5 Å². The highest BCUT2D eigenvalue weighted by Gasteiger charge is 2.20. The van der Waals surface area contributed by atoms with Crippen LogP contribution in [0.1, 0.15) is 37.0 Å². The molecule has 0 aromatic heterocycles. The van der Waals surface area contributed by atoms with Crippen molar-refractivity contribution in [2.75, 3.05) is 18.4 Å². The quantitative estimate of drug-likeness (QED) is 0.720. The highest BCUT2D eigenvalue weighted by Crippen LogP contribution is 2.25. The molecule has 2 aromatic rings. The summed E-state index contributed by atoms with van der Waals surface area (Å²) in [4.78, 5) is 12.4. The van der Waals surface area contributed by atoms with Crippen molar-refractivity contribution in [3.05, 3.63) is 65.2 Å². The second-order valence-electron chi connectivity index (χ2n) is 6.82. The number of fused-ring (bicyclic) bond motifs is 1. The van der Waals surface area contributed by atoms with Gasteiger partial charge in [0.25, 0.3) is 0 Å². The van der Waals surface area contributed by atoms with Gasteiger partial charge in [-0.05, 0) is 66.3 Å². The number of rotatable bonds is 7. The Kier molecular flexibility index (Phi) is 6.31. The smallest absolute Gasteiger partial charge is 0.248 e. The number of hydrogen-bond acceptors (Lipinski definition) is 3. The number of amides is 1. The second kappa shape index (κ2) is 8.71. The number of carbonyl (C=O) groups excluding carboxylic acids is 1. The largest absolute Gasteiger partial charge is 0.323 e. The number of nitrogens with one attached hydrogen (secondary N) is 1. The third kappa shape index (κ3) is 4.51. The minimum absolute atomic E-state index is 0.210. The van der Waals surface area contributed by atoms with E-state index in [2.05, 4.69) is 11.4 Å². The predicted molar refractivity (Wildman–Crippen MR) is 113 cm³/mol. The average Bonchev–Trinajstić information content (AvgIpc) is 3.15. The first-order valence-electron chi connectivity index (χ1n) is 9.65. The van der Waals surface area contributed by atoms with Gasteiger partial charge in [-0.3, -0.25) is 4.79 Å². The van der Waals surface area contributed by atoms with Crippen LogP contribution in [0, 0.1) is 0 Å². The van der Waals surface area contributed by atoms with Gasteiger partial charge in [-0.1, -0.05) is 32.0 Å². The maximum Gasteiger partial charge on any atom is 0.248 e. The van der Waals surface area contributed by atoms with E-state index < -0.39 is 10.0 Å². The van der Waals surface area contributed by atoms with Gasteiger partial charge in [-0.2, -0.15) is 4.31 Å². The standard InChI is InChI=1S/C22H26N2O3S/c1-3-24(4-2)28(26,27)21-13-8-17(9-14-21)10-15-22(25)23-20-12-11-18-6-5-7-19(18)16-20/h8-16H,3-7H2,1-2H3,(H,23,25)/b15-10+. The van der Waals surface area contributed by atoms with Crippen molar-refractivity contribution >= 4 is 27.7 Å². The van der Waals surface area contributed by atoms with Gasteiger partial charge in [-0.15, -0.1) is 0 Å². The first kappa shape index (κ1) is 20.3. The maximum atomic E-state index is 12.5. The zero-order chi connectivity index (χ0) is 20.1. The normalized spacial score (nSPS) is 13.8. The van der Waals surface area contributed by atoms with Crippen LogP contribution in [0.5, 0.6) is 0 Å². The van der Waals surface area contributed by atoms with Crippen LogP contribution in [0.25, 0.3) is 6.08 Å². The van der Waals surface area contributed by atoms with Crippen molar-refractivity contribution in [1.29, 1.82) is 0 Å². The van der Waals surface area contributed by atoms with E-state index in [0.29, 0.717) is 13.1 Å². The number of nitrogens with zero attached hydrogens (tertiary/aromatic N) is 1. The molecule has 0 fully saturated rings. The van der Waals surface area contributed by atoms with Crippen LogP contribution < -0.4 is 5.32 Å². The molecule has 3 rings (SSSR count). The van der Waals surface area contributed by atoms with Gasteiger partial charge < -0.3 is 5.32 Å². The fourth-order valence-electron chi connectivity index (χ4n) is 3.47. The van der Waals surface area contributed by atoms with Crippen LogP contribution in [-0.4, -0.2) is 31.7 Å². The summed E-state index contributed by atoms with van der Waals surface area (Å²) in [5, 5.41) is 2.88. The molecule has 0 spiro atoms. The molecule has 5 nitrogen and oxygen atoms in total. The molecule has 1 N–H and O–H groups in total. The van der Waals surface area contributed by atoms with Crippen molar-refractivity contribution in [3.8, 4) is 0 Å². The van der Waals surface area contributed by atoms with E-state index in [1.54, 1.807) is 30.3 Å². The first-order valence-corrected chi connectivity index (χ1v) is 11.1. The zero-order valence-electron chi connectivity index (χ0n) is 16.3. The fraction of sp³-hybridized carbons (Fsp3) is 0.318. The van der Waals surface area contributed by atoms with E-state index in [-0.39, 0.29) is 10.8 Å². The molecule has 28 heavy (non-hydrogen) atoms. The average molecular weight is 399 g/mol. The molecule has 1 amide bonds. The molecule has 0 atom stereocenters. The lowest BCUT2D eigenvalue weighted by atomic mass is 10.1. The van der Waals surface area contributed by atoms with Gasteiger partial charge in [0.1, 0.15) is 0 Å². The summed E-state index contributed by atoms with van der Waals surface area (Å²) < 4.78 is 26.4. The van der Waals surface area contributed by atoms with Gasteiger partial charge in [0, 0.05) is 24.9 Å². The monoisotopic (exact) mass is 398 g/mol. The van der Waals surface area contributed by atoms with Crippen molar-refractivity contribution in [2.45, 2.75) is 38.0 Å². The van der Waals surface area contributed by atoms with E-state index in [1.807, 2.05) is 26.0 Å². The summed E-state index contributed by atoms with van der Waals surface area (Å²) in [5.41, 5.74) is 4.25. The lowest BCUT2D eigenvalue weighted by Crippen LogP contribution is -2.30. The Bertz CT molecular complexity index is 975. The van der Waals surface area contributed by atoms with Crippen LogP contribution in [-0.2, 0) is 27.7 Å². The van der Waals surface area contributed by atoms with E-state index in [1.165, 1.54) is 27.9 Å². The lowest BCUT2D eigenvalue weighted by molar-refractivity contribution is -0.111. The minimum atomic E-state index is -3.47. The van der Waals surface area contributed by atoms with Gasteiger partial charge in [0.15, 0.2) is 0 Å². The number of sulfonamides is 1. The highest BCUT2D eigenvalue weighted by molar-refractivity contribution is 7.89. The molecule has 0 heterocycles. The summed E-state index contributed by atoms with van der Waals surface area (Å²) in [7, 11) is -3.47. The van der Waals surface area contributed by atoms with E-state index >= 15 is 0 Å². The molecule has 0 saturated heterocycles. The molecule has 1 aliphatic carbocycles. The highest BCUT2D eigenvalue weighted by atomic mass is 32.2. The Morgan fingerprint density at radius 2 is 1.71 bits per heavy atom. The molecule has 1 aliphatic rings. The summed E-state index contributed by atoms with van der Waals surface area (Å²) >= 11 is 0. The number of anilines is 1. The molecule has 6 heteroatoms. The number of carbonyl (C=O) groups is 1. The van der Waals surface area contributed by atoms with Crippen molar-refractivity contribution in [3.63, 3.8) is 0 Å². The molecule has 148 valence electrons. The van der Waals surface area contributed by atoms with Crippen molar-refractivity contribution < 1.29 is 13.2 Å². The Morgan fingerprint density at radius 3 is 2.39 bits per heavy atom. The Balaban J connectivity index is 1.65. The van der Waals surface area contributed by atoms with Crippen LogP contribution in [0.4, 0.5) is 5.69 Å². The van der Waals surface area contributed by atoms with Gasteiger partial charge >= 0.3 is 0 Å². The van der Waals surface area contributed by atoms with E-state index in [4.69, 9.17) is 0 Å². The lowest BCUT2D eigenvalue weighted by Gasteiger charge is -2.18. The number of hydrogen-bond donors (Lipinski definition) is 1. The van der Waals surface area contributed by atoms with Gasteiger partial charge in [0.05, 0.1) is 4.90 Å². The summed E-state index contributed by atoms with van der Waals surface area (Å²) in [6.07, 6.45) is 6.49. The van der Waals surface area contributed by atoms with Crippen molar-refractivity contribution in [2.24, 2.45) is 0 Å².